The third kappa shape index (κ3) is 3.81. The molecule has 2 amide bonds. The van der Waals surface area contributed by atoms with Gasteiger partial charge in [0.2, 0.25) is 0 Å². The van der Waals surface area contributed by atoms with Crippen LogP contribution in [0.4, 0.5) is 10.5 Å². The Labute approximate surface area is 169 Å². The minimum atomic E-state index is -0.147. The van der Waals surface area contributed by atoms with Gasteiger partial charge in [-0.25, -0.2) is 18.8 Å². The highest BCUT2D eigenvalue weighted by Crippen LogP contribution is 2.28. The van der Waals surface area contributed by atoms with Gasteiger partial charge in [0.15, 0.2) is 0 Å². The highest BCUT2D eigenvalue weighted by atomic mass is 16.2. The van der Waals surface area contributed by atoms with Crippen LogP contribution in [0.3, 0.4) is 0 Å². The fraction of sp³-hybridized carbons (Fsp3) is 0.318. The van der Waals surface area contributed by atoms with Crippen molar-refractivity contribution in [2.75, 3.05) is 18.4 Å². The third-order valence-corrected chi connectivity index (χ3v) is 5.50. The topological polar surface area (TPSA) is 72.2 Å². The average molecular weight is 391 g/mol. The van der Waals surface area contributed by atoms with Crippen LogP contribution in [0.1, 0.15) is 30.1 Å². The summed E-state index contributed by atoms with van der Waals surface area (Å²) in [6.07, 6.45) is 1.54. The van der Waals surface area contributed by atoms with Gasteiger partial charge < -0.3 is 10.2 Å². The molecule has 1 aliphatic rings. The van der Waals surface area contributed by atoms with Crippen molar-refractivity contribution >= 4 is 11.7 Å². The number of rotatable bonds is 3. The normalized spacial score (nSPS) is 14.8. The maximum atomic E-state index is 12.6. The number of carbonyl (C=O) groups is 1. The number of urea groups is 1. The molecule has 0 atom stereocenters. The van der Waals surface area contributed by atoms with E-state index in [1.807, 2.05) is 66.4 Å². The van der Waals surface area contributed by atoms with Crippen molar-refractivity contribution in [3.8, 4) is 5.69 Å². The molecule has 2 heterocycles. The zero-order valence-electron chi connectivity index (χ0n) is 16.7. The van der Waals surface area contributed by atoms with Crippen LogP contribution in [0.2, 0.25) is 0 Å². The van der Waals surface area contributed by atoms with Gasteiger partial charge in [-0.05, 0) is 43.5 Å². The van der Waals surface area contributed by atoms with Gasteiger partial charge in [-0.2, -0.15) is 5.10 Å². The van der Waals surface area contributed by atoms with Crippen molar-refractivity contribution in [1.82, 2.24) is 19.2 Å². The van der Waals surface area contributed by atoms with E-state index in [4.69, 9.17) is 0 Å². The van der Waals surface area contributed by atoms with E-state index in [1.165, 1.54) is 4.68 Å². The summed E-state index contributed by atoms with van der Waals surface area (Å²) in [6.45, 7) is 3.23. The standard InChI is InChI=1S/C22H25N5O2/c1-16-8-6-7-11-19(16)23-21(28)26-14-12-17(13-15-26)20-24-25(2)22(29)27(20)18-9-4-3-5-10-18/h3-11,17H,12-15H2,1-2H3,(H,23,28). The minimum absolute atomic E-state index is 0.0841. The fourth-order valence-electron chi connectivity index (χ4n) is 3.82. The third-order valence-electron chi connectivity index (χ3n) is 5.50. The summed E-state index contributed by atoms with van der Waals surface area (Å²) < 4.78 is 3.08. The predicted molar refractivity (Wildman–Crippen MR) is 113 cm³/mol. The number of hydrogen-bond donors (Lipinski definition) is 1. The van der Waals surface area contributed by atoms with Gasteiger partial charge >= 0.3 is 11.7 Å². The molecule has 1 aliphatic heterocycles. The maximum absolute atomic E-state index is 12.6. The summed E-state index contributed by atoms with van der Waals surface area (Å²) in [5.41, 5.74) is 2.55. The molecule has 2 aromatic carbocycles. The number of nitrogens with one attached hydrogen (secondary N) is 1. The van der Waals surface area contributed by atoms with Crippen molar-refractivity contribution in [2.24, 2.45) is 7.05 Å². The molecular weight excluding hydrogens is 366 g/mol. The number of aryl methyl sites for hydroxylation is 2. The van der Waals surface area contributed by atoms with Gasteiger partial charge in [0, 0.05) is 31.7 Å². The van der Waals surface area contributed by atoms with Crippen LogP contribution in [-0.4, -0.2) is 38.4 Å². The van der Waals surface area contributed by atoms with Crippen LogP contribution in [0.15, 0.2) is 59.4 Å². The molecule has 7 heteroatoms. The largest absolute Gasteiger partial charge is 0.350 e. The summed E-state index contributed by atoms with van der Waals surface area (Å²) in [5.74, 6) is 0.897. The van der Waals surface area contributed by atoms with Gasteiger partial charge in [0.1, 0.15) is 5.82 Å². The molecule has 0 unspecified atom stereocenters. The van der Waals surface area contributed by atoms with E-state index in [1.54, 1.807) is 11.6 Å². The van der Waals surface area contributed by atoms with Crippen molar-refractivity contribution in [3.63, 3.8) is 0 Å². The van der Waals surface area contributed by atoms with E-state index in [2.05, 4.69) is 10.4 Å². The number of hydrogen-bond acceptors (Lipinski definition) is 3. The first kappa shape index (κ1) is 19.0. The van der Waals surface area contributed by atoms with Crippen LogP contribution in [-0.2, 0) is 7.05 Å². The highest BCUT2D eigenvalue weighted by Gasteiger charge is 2.28. The Morgan fingerprint density at radius 1 is 1.03 bits per heavy atom. The summed E-state index contributed by atoms with van der Waals surface area (Å²) in [5, 5.41) is 7.50. The Hall–Kier alpha value is -3.35. The van der Waals surface area contributed by atoms with E-state index in [0.717, 1.165) is 35.6 Å². The summed E-state index contributed by atoms with van der Waals surface area (Å²) >= 11 is 0. The van der Waals surface area contributed by atoms with Crippen molar-refractivity contribution < 1.29 is 4.79 Å². The molecule has 29 heavy (non-hydrogen) atoms. The second kappa shape index (κ2) is 7.95. The molecule has 1 saturated heterocycles. The Morgan fingerprint density at radius 3 is 2.38 bits per heavy atom. The van der Waals surface area contributed by atoms with Crippen LogP contribution < -0.4 is 11.0 Å². The number of para-hydroxylation sites is 2. The summed E-state index contributed by atoms with van der Waals surface area (Å²) in [4.78, 5) is 27.1. The first-order valence-electron chi connectivity index (χ1n) is 9.87. The summed E-state index contributed by atoms with van der Waals surface area (Å²) in [6, 6.07) is 17.3. The molecular formula is C22H25N5O2. The molecule has 150 valence electrons. The molecule has 1 aromatic heterocycles. The molecule has 0 saturated carbocycles. The van der Waals surface area contributed by atoms with Gasteiger partial charge in [0.05, 0.1) is 5.69 Å². The molecule has 0 aliphatic carbocycles. The second-order valence-electron chi connectivity index (χ2n) is 7.44. The van der Waals surface area contributed by atoms with E-state index in [0.29, 0.717) is 13.1 Å². The van der Waals surface area contributed by atoms with Crippen LogP contribution in [0.25, 0.3) is 5.69 Å². The number of piperidine rings is 1. The SMILES string of the molecule is Cc1ccccc1NC(=O)N1CCC(c2nn(C)c(=O)n2-c2ccccc2)CC1. The van der Waals surface area contributed by atoms with Crippen molar-refractivity contribution in [2.45, 2.75) is 25.7 Å². The number of amides is 2. The van der Waals surface area contributed by atoms with Crippen LogP contribution in [0.5, 0.6) is 0 Å². The fourth-order valence-corrected chi connectivity index (χ4v) is 3.82. The van der Waals surface area contributed by atoms with Gasteiger partial charge in [0.25, 0.3) is 0 Å². The molecule has 1 N–H and O–H groups in total. The van der Waals surface area contributed by atoms with E-state index < -0.39 is 0 Å². The number of likely N-dealkylation sites (tertiary alicyclic amines) is 1. The van der Waals surface area contributed by atoms with E-state index in [-0.39, 0.29) is 17.6 Å². The van der Waals surface area contributed by atoms with Gasteiger partial charge in [-0.3, -0.25) is 0 Å². The molecule has 4 rings (SSSR count). The van der Waals surface area contributed by atoms with Gasteiger partial charge in [-0.1, -0.05) is 36.4 Å². The molecule has 0 bridgehead atoms. The lowest BCUT2D eigenvalue weighted by atomic mass is 9.96. The lowest BCUT2D eigenvalue weighted by molar-refractivity contribution is 0.193. The predicted octanol–water partition coefficient (Wildman–Crippen LogP) is 3.29. The number of carbonyl (C=O) groups excluding carboxylic acids is 1. The Bertz CT molecular complexity index is 1060. The Balaban J connectivity index is 1.48. The average Bonchev–Trinajstić information content (AvgIpc) is 3.05. The van der Waals surface area contributed by atoms with Crippen LogP contribution >= 0.6 is 0 Å². The Kier molecular flexibility index (Phi) is 5.20. The second-order valence-corrected chi connectivity index (χ2v) is 7.44. The highest BCUT2D eigenvalue weighted by molar-refractivity contribution is 5.90. The number of anilines is 1. The smallest absolute Gasteiger partial charge is 0.324 e. The van der Waals surface area contributed by atoms with E-state index >= 15 is 0 Å². The zero-order chi connectivity index (χ0) is 20.4. The molecule has 7 nitrogen and oxygen atoms in total. The summed E-state index contributed by atoms with van der Waals surface area (Å²) in [7, 11) is 1.68. The number of nitrogens with zero attached hydrogens (tertiary/aromatic N) is 4. The van der Waals surface area contributed by atoms with E-state index in [9.17, 15) is 9.59 Å². The minimum Gasteiger partial charge on any atom is -0.324 e. The number of aromatic nitrogens is 3. The first-order valence-corrected chi connectivity index (χ1v) is 9.87. The van der Waals surface area contributed by atoms with Crippen molar-refractivity contribution in [3.05, 3.63) is 76.5 Å². The lowest BCUT2D eigenvalue weighted by Gasteiger charge is -2.31. The lowest BCUT2D eigenvalue weighted by Crippen LogP contribution is -2.41. The quantitative estimate of drug-likeness (QED) is 0.745. The molecule has 3 aromatic rings. The molecule has 0 radical (unpaired) electrons. The molecule has 0 spiro atoms. The van der Waals surface area contributed by atoms with Crippen molar-refractivity contribution in [1.29, 1.82) is 0 Å². The zero-order valence-corrected chi connectivity index (χ0v) is 16.7. The first-order chi connectivity index (χ1) is 14.0. The molecule has 1 fully saturated rings. The van der Waals surface area contributed by atoms with Crippen LogP contribution in [0, 0.1) is 6.92 Å². The van der Waals surface area contributed by atoms with Gasteiger partial charge in [-0.15, -0.1) is 0 Å². The number of benzene rings is 2. The maximum Gasteiger partial charge on any atom is 0.350 e. The monoisotopic (exact) mass is 391 g/mol. The Morgan fingerprint density at radius 2 is 1.69 bits per heavy atom.